The van der Waals surface area contributed by atoms with Crippen LogP contribution in [0.3, 0.4) is 0 Å². The first kappa shape index (κ1) is 42.9. The van der Waals surface area contributed by atoms with Crippen LogP contribution >= 0.6 is 0 Å². The van der Waals surface area contributed by atoms with Gasteiger partial charge in [-0.2, -0.15) is 0 Å². The Kier molecular flexibility index (Phi) is 248. The molecule has 12 nitrogen and oxygen atoms in total. The molecule has 0 aromatic heterocycles. The minimum atomic E-state index is -0.812. The van der Waals surface area contributed by atoms with Gasteiger partial charge in [-0.25, -0.2) is 0 Å². The predicted molar refractivity (Wildman–Crippen MR) is 17.4 cm³/mol. The van der Waals surface area contributed by atoms with Crippen LogP contribution in [0.1, 0.15) is 0 Å². The molecule has 0 aliphatic carbocycles. The summed E-state index contributed by atoms with van der Waals surface area (Å²) in [6.45, 7) is 0. The molecule has 0 aliphatic rings. The Labute approximate surface area is 157 Å². The summed E-state index contributed by atoms with van der Waals surface area (Å²) in [5, 5.41) is 0. The number of hydrogen-bond acceptors (Lipinski definition) is 6. The van der Waals surface area contributed by atoms with Gasteiger partial charge in [-0.1, -0.05) is 0 Å². The Morgan fingerprint density at radius 2 is 0.368 bits per heavy atom. The van der Waals surface area contributed by atoms with Crippen LogP contribution in [0.15, 0.2) is 0 Å². The summed E-state index contributed by atoms with van der Waals surface area (Å²) in [4.78, 5) is 0. The standard InChI is InChI=1S/6Co.Mo.6H2O.6O/h;;;;;;;6*1H2;;;;;;/q6*+1;;;;;;;;;;;;;/p-6. The average molecular weight is 648 g/mol. The van der Waals surface area contributed by atoms with Crippen LogP contribution in [-0.4, -0.2) is 25.3 Å². The first-order valence-corrected chi connectivity index (χ1v) is 7.05. The predicted octanol–water partition coefficient (Wildman–Crippen LogP) is -4.07. The summed E-state index contributed by atoms with van der Waals surface area (Å²) < 4.78 is 92.6. The molecule has 0 atom stereocenters. The van der Waals surface area contributed by atoms with Crippen molar-refractivity contribution >= 4 is 0 Å². The fourth-order valence-electron chi connectivity index (χ4n) is 0. The zero-order valence-electron chi connectivity index (χ0n) is 7.54. The van der Waals surface area contributed by atoms with Crippen molar-refractivity contribution in [3.8, 4) is 0 Å². The molecule has 0 saturated heterocycles. The van der Waals surface area contributed by atoms with Crippen molar-refractivity contribution in [2.75, 3.05) is 0 Å². The Hall–Kier alpha value is 2.29. The monoisotopic (exact) mass is 649 g/mol. The van der Waals surface area contributed by atoms with Gasteiger partial charge >= 0.3 is 138 Å². The second-order valence-corrected chi connectivity index (χ2v) is 1.51. The average Bonchev–Trinajstić information content (AvgIpc) is 2.23. The normalized spacial score (nSPS) is 6.63. The number of hydrogen-bond donors (Lipinski definition) is 6. The van der Waals surface area contributed by atoms with Crippen molar-refractivity contribution in [3.63, 3.8) is 0 Å². The van der Waals surface area contributed by atoms with Crippen molar-refractivity contribution in [2.45, 2.75) is 0 Å². The molecule has 0 fully saturated rings. The molecule has 0 aromatic carbocycles. The van der Waals surface area contributed by atoms with Gasteiger partial charge in [-0.3, -0.25) is 0 Å². The van der Waals surface area contributed by atoms with Crippen molar-refractivity contribution in [1.29, 1.82) is 0 Å². The van der Waals surface area contributed by atoms with Gasteiger partial charge in [0.25, 0.3) is 0 Å². The van der Waals surface area contributed by atoms with E-state index in [0.29, 0.717) is 0 Å². The summed E-state index contributed by atoms with van der Waals surface area (Å²) in [5.74, 6) is 0. The van der Waals surface area contributed by atoms with Crippen molar-refractivity contribution in [2.24, 2.45) is 0 Å². The van der Waals surface area contributed by atoms with E-state index >= 15 is 0 Å². The summed E-state index contributed by atoms with van der Waals surface area (Å²) in [6.07, 6.45) is 0. The first-order valence-electron chi connectivity index (χ1n) is 1.71. The molecule has 0 rings (SSSR count). The van der Waals surface area contributed by atoms with E-state index in [9.17, 15) is 0 Å². The van der Waals surface area contributed by atoms with Gasteiger partial charge in [0.15, 0.2) is 0 Å². The van der Waals surface area contributed by atoms with Crippen LogP contribution in [-0.2, 0) is 134 Å². The second-order valence-electron chi connectivity index (χ2n) is 0.365. The zero-order valence-corrected chi connectivity index (χ0v) is 15.8. The summed E-state index contributed by atoms with van der Waals surface area (Å²) >= 11 is -4.88. The van der Waals surface area contributed by atoms with Crippen LogP contribution in [0.4, 0.5) is 0 Å². The topological polar surface area (TPSA) is 224 Å². The Bertz CT molecular complexity index is 114. The molecule has 0 spiro atoms. The van der Waals surface area contributed by atoms with Gasteiger partial charge < -0.3 is 0 Å². The second kappa shape index (κ2) is 110. The van der Waals surface area contributed by atoms with E-state index in [0.717, 1.165) is 0 Å². The van der Waals surface area contributed by atoms with Crippen LogP contribution in [0, 0.1) is 0 Å². The first-order chi connectivity index (χ1) is 8.49. The van der Waals surface area contributed by atoms with E-state index < -0.39 is 89.7 Å². The fourth-order valence-corrected chi connectivity index (χ4v) is 0. The summed E-state index contributed by atoms with van der Waals surface area (Å²) in [5.41, 5.74) is 0. The van der Waals surface area contributed by atoms with E-state index in [4.69, 9.17) is 48.5 Å². The summed E-state index contributed by atoms with van der Waals surface area (Å²) in [6, 6.07) is 0. The van der Waals surface area contributed by atoms with Gasteiger partial charge in [0.05, 0.1) is 0 Å². The third kappa shape index (κ3) is 1300. The van der Waals surface area contributed by atoms with Crippen LogP contribution in [0.2, 0.25) is 0 Å². The van der Waals surface area contributed by atoms with Crippen molar-refractivity contribution in [3.05, 3.63) is 0 Å². The molecule has 19 heavy (non-hydrogen) atoms. The van der Waals surface area contributed by atoms with Gasteiger partial charge in [0.2, 0.25) is 0 Å². The Balaban J connectivity index is -0.0000000180. The van der Waals surface area contributed by atoms with Crippen LogP contribution < -0.4 is 0 Å². The van der Waals surface area contributed by atoms with Gasteiger partial charge in [0, 0.05) is 21.1 Å². The molecule has 0 heterocycles. The maximum absolute atomic E-state index is 8.45. The minimum absolute atomic E-state index is 0. The molecular formula is H6Co6MoO12. The third-order valence-electron chi connectivity index (χ3n) is 0. The molecule has 0 aromatic rings. The van der Waals surface area contributed by atoms with Gasteiger partial charge in [0.1, 0.15) is 0 Å². The van der Waals surface area contributed by atoms with Crippen molar-refractivity contribution in [1.82, 2.24) is 0 Å². The SMILES string of the molecule is [Mo].[O]=[Co][OH].[O]=[Co][OH].[O]=[Co][OH].[O]=[Co][OH].[O]=[Co][OH].[O]=[Co][OH]. The molecule has 0 bridgehead atoms. The molecule has 138 valence electrons. The zero-order chi connectivity index (χ0) is 16.2. The molecular weight excluding hydrogens is 642 g/mol. The molecule has 0 amide bonds. The van der Waals surface area contributed by atoms with E-state index in [1.54, 1.807) is 0 Å². The van der Waals surface area contributed by atoms with Gasteiger partial charge in [-0.05, 0) is 0 Å². The van der Waals surface area contributed by atoms with Crippen molar-refractivity contribution < 1.29 is 159 Å². The van der Waals surface area contributed by atoms with Gasteiger partial charge in [-0.15, -0.1) is 0 Å². The fraction of sp³-hybridized carbons (Fsp3) is 0. The number of rotatable bonds is 0. The Morgan fingerprint density at radius 3 is 0.368 bits per heavy atom. The quantitative estimate of drug-likeness (QED) is 0.138. The molecule has 0 aliphatic heterocycles. The maximum atomic E-state index is 8.45. The van der Waals surface area contributed by atoms with Crippen LogP contribution in [0.25, 0.3) is 0 Å². The molecule has 6 N–H and O–H groups in total. The van der Waals surface area contributed by atoms with E-state index in [1.165, 1.54) is 0 Å². The molecule has 0 unspecified atom stereocenters. The van der Waals surface area contributed by atoms with E-state index in [-0.39, 0.29) is 21.1 Å². The molecule has 0 saturated carbocycles. The molecule has 0 radical (unpaired) electrons. The molecule has 19 heteroatoms. The van der Waals surface area contributed by atoms with Crippen LogP contribution in [0.5, 0.6) is 0 Å². The van der Waals surface area contributed by atoms with E-state index in [1.807, 2.05) is 0 Å². The van der Waals surface area contributed by atoms with E-state index in [2.05, 4.69) is 0 Å². The third-order valence-corrected chi connectivity index (χ3v) is 0. The summed E-state index contributed by atoms with van der Waals surface area (Å²) in [7, 11) is 0. The Morgan fingerprint density at radius 1 is 0.368 bits per heavy atom.